The van der Waals surface area contributed by atoms with Crippen LogP contribution in [0.25, 0.3) is 0 Å². The number of benzene rings is 1. The lowest BCUT2D eigenvalue weighted by atomic mass is 10.1. The molecule has 0 unspecified atom stereocenters. The number of hydrogen-bond acceptors (Lipinski definition) is 4. The van der Waals surface area contributed by atoms with Gasteiger partial charge in [0.15, 0.2) is 0 Å². The van der Waals surface area contributed by atoms with Crippen LogP contribution < -0.4 is 10.2 Å². The van der Waals surface area contributed by atoms with E-state index in [4.69, 9.17) is 9.57 Å². The van der Waals surface area contributed by atoms with Gasteiger partial charge in [0.2, 0.25) is 5.91 Å². The molecule has 26 heavy (non-hydrogen) atoms. The number of amides is 1. The van der Waals surface area contributed by atoms with Crippen LogP contribution in [0.15, 0.2) is 24.3 Å². The molecule has 1 aromatic rings. The quantitative estimate of drug-likeness (QED) is 0.450. The van der Waals surface area contributed by atoms with Crippen LogP contribution in [0.2, 0.25) is 0 Å². The molecule has 0 aliphatic carbocycles. The van der Waals surface area contributed by atoms with Crippen molar-refractivity contribution in [2.45, 2.75) is 64.8 Å². The summed E-state index contributed by atoms with van der Waals surface area (Å²) in [6, 6.07) is 8.54. The predicted octanol–water partition coefficient (Wildman–Crippen LogP) is 4.07. The SMILES string of the molecule is CC(=O)NOCCCCCCCOc1cccc(CN2CCCCC2)c1. The van der Waals surface area contributed by atoms with Crippen molar-refractivity contribution in [3.63, 3.8) is 0 Å². The normalized spacial score (nSPS) is 15.0. The molecule has 0 radical (unpaired) electrons. The minimum atomic E-state index is -0.151. The van der Waals surface area contributed by atoms with Crippen LogP contribution in [0, 0.1) is 0 Å². The fraction of sp³-hybridized carbons (Fsp3) is 0.667. The Morgan fingerprint density at radius 2 is 1.77 bits per heavy atom. The average molecular weight is 363 g/mol. The number of carbonyl (C=O) groups excluding carboxylic acids is 1. The first kappa shape index (κ1) is 20.7. The largest absolute Gasteiger partial charge is 0.494 e. The maximum Gasteiger partial charge on any atom is 0.240 e. The van der Waals surface area contributed by atoms with E-state index in [2.05, 4.69) is 34.6 Å². The number of ether oxygens (including phenoxy) is 1. The molecule has 2 rings (SSSR count). The Morgan fingerprint density at radius 1 is 1.04 bits per heavy atom. The van der Waals surface area contributed by atoms with Crippen molar-refractivity contribution >= 4 is 5.91 Å². The van der Waals surface area contributed by atoms with Crippen LogP contribution in [-0.4, -0.2) is 37.1 Å². The first-order valence-corrected chi connectivity index (χ1v) is 10.1. The number of rotatable bonds is 12. The van der Waals surface area contributed by atoms with E-state index in [9.17, 15) is 4.79 Å². The van der Waals surface area contributed by atoms with Gasteiger partial charge in [-0.15, -0.1) is 0 Å². The topological polar surface area (TPSA) is 50.8 Å². The van der Waals surface area contributed by atoms with Crippen molar-refractivity contribution in [1.29, 1.82) is 0 Å². The summed E-state index contributed by atoms with van der Waals surface area (Å²) in [5.74, 6) is 0.838. The van der Waals surface area contributed by atoms with Gasteiger partial charge in [0.05, 0.1) is 13.2 Å². The van der Waals surface area contributed by atoms with Gasteiger partial charge in [0.1, 0.15) is 5.75 Å². The summed E-state index contributed by atoms with van der Waals surface area (Å²) in [7, 11) is 0. The molecule has 0 atom stereocenters. The van der Waals surface area contributed by atoms with E-state index >= 15 is 0 Å². The number of nitrogens with one attached hydrogen (secondary N) is 1. The summed E-state index contributed by atoms with van der Waals surface area (Å²) in [6.07, 6.45) is 9.52. The fourth-order valence-electron chi connectivity index (χ4n) is 3.26. The highest BCUT2D eigenvalue weighted by atomic mass is 16.6. The number of hydrogen-bond donors (Lipinski definition) is 1. The third-order valence-corrected chi connectivity index (χ3v) is 4.63. The van der Waals surface area contributed by atoms with Crippen molar-refractivity contribution in [2.75, 3.05) is 26.3 Å². The summed E-state index contributed by atoms with van der Waals surface area (Å²) in [4.78, 5) is 18.2. The molecule has 1 aliphatic heterocycles. The average Bonchev–Trinajstić information content (AvgIpc) is 2.64. The first-order chi connectivity index (χ1) is 12.7. The van der Waals surface area contributed by atoms with Crippen molar-refractivity contribution < 1.29 is 14.4 Å². The van der Waals surface area contributed by atoms with Crippen molar-refractivity contribution in [2.24, 2.45) is 0 Å². The third kappa shape index (κ3) is 9.20. The molecule has 1 heterocycles. The minimum absolute atomic E-state index is 0.151. The predicted molar refractivity (Wildman–Crippen MR) is 104 cm³/mol. The number of nitrogens with zero attached hydrogens (tertiary/aromatic N) is 1. The summed E-state index contributed by atoms with van der Waals surface area (Å²) in [5, 5.41) is 0. The highest BCUT2D eigenvalue weighted by molar-refractivity contribution is 5.71. The van der Waals surface area contributed by atoms with Crippen LogP contribution in [0.5, 0.6) is 5.75 Å². The molecule has 5 nitrogen and oxygen atoms in total. The maximum atomic E-state index is 10.6. The van der Waals surface area contributed by atoms with E-state index in [1.165, 1.54) is 51.3 Å². The van der Waals surface area contributed by atoms with Gasteiger partial charge in [0.25, 0.3) is 0 Å². The molecule has 146 valence electrons. The Balaban J connectivity index is 1.51. The van der Waals surface area contributed by atoms with Crippen LogP contribution >= 0.6 is 0 Å². The van der Waals surface area contributed by atoms with Gasteiger partial charge in [-0.3, -0.25) is 14.5 Å². The molecular formula is C21H34N2O3. The van der Waals surface area contributed by atoms with E-state index < -0.39 is 0 Å². The van der Waals surface area contributed by atoms with Gasteiger partial charge in [-0.05, 0) is 56.5 Å². The Kier molecular flexibility index (Phi) is 10.1. The first-order valence-electron chi connectivity index (χ1n) is 10.1. The minimum Gasteiger partial charge on any atom is -0.494 e. The molecule has 1 aromatic carbocycles. The standard InChI is InChI=1S/C21H34N2O3/c1-19(24)22-26-16-9-4-2-3-8-15-25-21-12-10-11-20(17-21)18-23-13-6-5-7-14-23/h10-12,17H,2-9,13-16,18H2,1H3,(H,22,24). The summed E-state index contributed by atoms with van der Waals surface area (Å²) < 4.78 is 5.92. The van der Waals surface area contributed by atoms with Gasteiger partial charge in [-0.25, -0.2) is 5.48 Å². The smallest absolute Gasteiger partial charge is 0.240 e. The molecule has 1 saturated heterocycles. The lowest BCUT2D eigenvalue weighted by molar-refractivity contribution is -0.131. The zero-order valence-corrected chi connectivity index (χ0v) is 16.2. The lowest BCUT2D eigenvalue weighted by Gasteiger charge is -2.26. The molecule has 0 aromatic heterocycles. The molecular weight excluding hydrogens is 328 g/mol. The molecule has 1 amide bonds. The highest BCUT2D eigenvalue weighted by Crippen LogP contribution is 2.18. The van der Waals surface area contributed by atoms with E-state index in [0.717, 1.165) is 44.6 Å². The van der Waals surface area contributed by atoms with Gasteiger partial charge in [0, 0.05) is 13.5 Å². The second-order valence-corrected chi connectivity index (χ2v) is 7.11. The van der Waals surface area contributed by atoms with Crippen LogP contribution in [0.1, 0.15) is 63.9 Å². The number of likely N-dealkylation sites (tertiary alicyclic amines) is 1. The van der Waals surface area contributed by atoms with Crippen LogP contribution in [0.4, 0.5) is 0 Å². The Hall–Kier alpha value is -1.59. The number of unbranched alkanes of at least 4 members (excludes halogenated alkanes) is 4. The summed E-state index contributed by atoms with van der Waals surface area (Å²) >= 11 is 0. The number of carbonyl (C=O) groups is 1. The van der Waals surface area contributed by atoms with Gasteiger partial charge in [-0.1, -0.05) is 37.8 Å². The van der Waals surface area contributed by atoms with Gasteiger partial charge >= 0.3 is 0 Å². The summed E-state index contributed by atoms with van der Waals surface area (Å²) in [6.45, 7) is 6.29. The molecule has 1 aliphatic rings. The molecule has 0 bridgehead atoms. The van der Waals surface area contributed by atoms with E-state index in [1.807, 2.05) is 0 Å². The zero-order chi connectivity index (χ0) is 18.5. The van der Waals surface area contributed by atoms with Crippen molar-refractivity contribution in [3.05, 3.63) is 29.8 Å². The molecule has 1 fully saturated rings. The monoisotopic (exact) mass is 362 g/mol. The second-order valence-electron chi connectivity index (χ2n) is 7.11. The second kappa shape index (κ2) is 12.7. The Morgan fingerprint density at radius 3 is 2.54 bits per heavy atom. The van der Waals surface area contributed by atoms with Crippen LogP contribution in [-0.2, 0) is 16.2 Å². The maximum absolute atomic E-state index is 10.6. The van der Waals surface area contributed by atoms with E-state index in [1.54, 1.807) is 0 Å². The summed E-state index contributed by atoms with van der Waals surface area (Å²) in [5.41, 5.74) is 3.69. The van der Waals surface area contributed by atoms with Gasteiger partial charge in [-0.2, -0.15) is 0 Å². The molecule has 5 heteroatoms. The fourth-order valence-corrected chi connectivity index (χ4v) is 3.26. The van der Waals surface area contributed by atoms with Gasteiger partial charge < -0.3 is 4.74 Å². The van der Waals surface area contributed by atoms with Crippen molar-refractivity contribution in [3.8, 4) is 5.75 Å². The Labute approximate surface area is 158 Å². The lowest BCUT2D eigenvalue weighted by Crippen LogP contribution is -2.29. The van der Waals surface area contributed by atoms with E-state index in [0.29, 0.717) is 6.61 Å². The third-order valence-electron chi connectivity index (χ3n) is 4.63. The van der Waals surface area contributed by atoms with Crippen molar-refractivity contribution in [1.82, 2.24) is 10.4 Å². The Bertz CT molecular complexity index is 516. The number of piperidine rings is 1. The number of hydroxylamine groups is 1. The zero-order valence-electron chi connectivity index (χ0n) is 16.2. The molecule has 0 saturated carbocycles. The molecule has 0 spiro atoms. The highest BCUT2D eigenvalue weighted by Gasteiger charge is 2.10. The molecule has 1 N–H and O–H groups in total. The van der Waals surface area contributed by atoms with Crippen LogP contribution in [0.3, 0.4) is 0 Å². The van der Waals surface area contributed by atoms with E-state index in [-0.39, 0.29) is 5.91 Å².